The number of rotatable bonds is 4. The summed E-state index contributed by atoms with van der Waals surface area (Å²) in [4.78, 5) is 0. The fraction of sp³-hybridized carbons (Fsp3) is 0.133. The van der Waals surface area contributed by atoms with Crippen LogP contribution in [-0.4, -0.2) is 21.1 Å². The Kier molecular flexibility index (Phi) is 3.84. The fourth-order valence-corrected chi connectivity index (χ4v) is 2.49. The van der Waals surface area contributed by atoms with Crippen LogP contribution in [0.5, 0.6) is 0 Å². The van der Waals surface area contributed by atoms with Crippen molar-refractivity contribution < 1.29 is 0 Å². The van der Waals surface area contributed by atoms with E-state index in [9.17, 15) is 0 Å². The van der Waals surface area contributed by atoms with E-state index in [-0.39, 0.29) is 0 Å². The van der Waals surface area contributed by atoms with Gasteiger partial charge < -0.3 is 5.32 Å². The Hall–Kier alpha value is -2.39. The first-order valence-corrected chi connectivity index (χ1v) is 7.29. The number of aromatic nitrogens is 3. The van der Waals surface area contributed by atoms with Gasteiger partial charge in [0.1, 0.15) is 11.9 Å². The molecule has 0 saturated carbocycles. The first-order valence-electron chi connectivity index (χ1n) is 6.50. The number of nitrogens with one attached hydrogen (secondary N) is 1. The Balaban J connectivity index is 1.71. The maximum Gasteiger partial charge on any atom is 0.160 e. The minimum atomic E-state index is 0.621. The fourth-order valence-electron chi connectivity index (χ4n) is 2.13. The maximum atomic E-state index is 9.13. The predicted molar refractivity (Wildman–Crippen MR) is 84.0 cm³/mol. The summed E-state index contributed by atoms with van der Waals surface area (Å²) in [6.07, 6.45) is 2.68. The van der Waals surface area contributed by atoms with Crippen molar-refractivity contribution in [3.8, 4) is 6.07 Å². The second kappa shape index (κ2) is 5.94. The standard InChI is InChI=1S/C15H12BrN5/c16-12-4-5-13(11(9-12)10-17)18-7-6-15-20-19-14-3-1-2-8-21(14)15/h1-5,8-9,18H,6-7H2. The largest absolute Gasteiger partial charge is 0.384 e. The molecule has 0 amide bonds. The Morgan fingerprint density at radius 1 is 1.24 bits per heavy atom. The predicted octanol–water partition coefficient (Wildman–Crippen LogP) is 3.02. The van der Waals surface area contributed by atoms with Gasteiger partial charge in [-0.05, 0) is 30.3 Å². The van der Waals surface area contributed by atoms with E-state index in [1.807, 2.05) is 40.9 Å². The van der Waals surface area contributed by atoms with Gasteiger partial charge in [0.2, 0.25) is 0 Å². The molecule has 3 aromatic rings. The van der Waals surface area contributed by atoms with Gasteiger partial charge in [-0.1, -0.05) is 22.0 Å². The zero-order valence-corrected chi connectivity index (χ0v) is 12.7. The molecule has 0 saturated heterocycles. The summed E-state index contributed by atoms with van der Waals surface area (Å²) in [6, 6.07) is 13.6. The normalized spacial score (nSPS) is 10.5. The zero-order valence-electron chi connectivity index (χ0n) is 11.1. The minimum absolute atomic E-state index is 0.621. The molecule has 6 heteroatoms. The van der Waals surface area contributed by atoms with Gasteiger partial charge in [0.25, 0.3) is 0 Å². The summed E-state index contributed by atoms with van der Waals surface area (Å²) in [6.45, 7) is 0.687. The van der Waals surface area contributed by atoms with Gasteiger partial charge >= 0.3 is 0 Å². The molecule has 0 aliphatic heterocycles. The summed E-state index contributed by atoms with van der Waals surface area (Å²) in [7, 11) is 0. The molecule has 0 bridgehead atoms. The van der Waals surface area contributed by atoms with Gasteiger partial charge in [0, 0.05) is 23.6 Å². The highest BCUT2D eigenvalue weighted by atomic mass is 79.9. The molecule has 0 radical (unpaired) electrons. The third-order valence-corrected chi connectivity index (χ3v) is 3.64. The van der Waals surface area contributed by atoms with E-state index < -0.39 is 0 Å². The molecule has 2 aromatic heterocycles. The lowest BCUT2D eigenvalue weighted by Crippen LogP contribution is -2.08. The molecule has 104 valence electrons. The number of pyridine rings is 1. The van der Waals surface area contributed by atoms with Gasteiger partial charge in [0.05, 0.1) is 11.3 Å². The van der Waals surface area contributed by atoms with Crippen LogP contribution < -0.4 is 5.32 Å². The average Bonchev–Trinajstić information content (AvgIpc) is 2.92. The molecule has 3 rings (SSSR count). The molecule has 0 aliphatic carbocycles. The highest BCUT2D eigenvalue weighted by Gasteiger charge is 2.06. The number of nitrogens with zero attached hydrogens (tertiary/aromatic N) is 4. The Bertz CT molecular complexity index is 818. The number of hydrogen-bond acceptors (Lipinski definition) is 4. The minimum Gasteiger partial charge on any atom is -0.384 e. The Morgan fingerprint density at radius 3 is 3.00 bits per heavy atom. The number of halogens is 1. The number of nitriles is 1. The molecule has 0 atom stereocenters. The molecule has 2 heterocycles. The summed E-state index contributed by atoms with van der Waals surface area (Å²) in [5.41, 5.74) is 2.29. The summed E-state index contributed by atoms with van der Waals surface area (Å²) < 4.78 is 2.86. The van der Waals surface area contributed by atoms with E-state index in [1.165, 1.54) is 0 Å². The molecule has 0 unspecified atom stereocenters. The van der Waals surface area contributed by atoms with Crippen molar-refractivity contribution in [2.45, 2.75) is 6.42 Å². The van der Waals surface area contributed by atoms with Crippen molar-refractivity contribution in [2.75, 3.05) is 11.9 Å². The van der Waals surface area contributed by atoms with Crippen LogP contribution >= 0.6 is 15.9 Å². The van der Waals surface area contributed by atoms with Crippen molar-refractivity contribution in [2.24, 2.45) is 0 Å². The highest BCUT2D eigenvalue weighted by molar-refractivity contribution is 9.10. The summed E-state index contributed by atoms with van der Waals surface area (Å²) >= 11 is 3.36. The van der Waals surface area contributed by atoms with Crippen molar-refractivity contribution in [3.05, 3.63) is 58.5 Å². The quantitative estimate of drug-likeness (QED) is 0.792. The molecule has 5 nitrogen and oxygen atoms in total. The second-order valence-electron chi connectivity index (χ2n) is 4.52. The van der Waals surface area contributed by atoms with E-state index in [1.54, 1.807) is 6.07 Å². The van der Waals surface area contributed by atoms with E-state index in [2.05, 4.69) is 37.5 Å². The van der Waals surface area contributed by atoms with Crippen LogP contribution in [0.15, 0.2) is 47.1 Å². The molecule has 0 aliphatic rings. The molecule has 0 spiro atoms. The number of hydrogen-bond donors (Lipinski definition) is 1. The molecule has 21 heavy (non-hydrogen) atoms. The molecule has 0 fully saturated rings. The second-order valence-corrected chi connectivity index (χ2v) is 5.44. The van der Waals surface area contributed by atoms with Crippen LogP contribution in [0, 0.1) is 11.3 Å². The van der Waals surface area contributed by atoms with Crippen LogP contribution in [0.3, 0.4) is 0 Å². The maximum absolute atomic E-state index is 9.13. The first-order chi connectivity index (χ1) is 10.3. The van der Waals surface area contributed by atoms with Crippen LogP contribution in [0.4, 0.5) is 5.69 Å². The monoisotopic (exact) mass is 341 g/mol. The molecule has 1 N–H and O–H groups in total. The third-order valence-electron chi connectivity index (χ3n) is 3.15. The van der Waals surface area contributed by atoms with Crippen LogP contribution in [0.1, 0.15) is 11.4 Å². The summed E-state index contributed by atoms with van der Waals surface area (Å²) in [5.74, 6) is 0.897. The van der Waals surface area contributed by atoms with E-state index in [4.69, 9.17) is 5.26 Å². The molecular weight excluding hydrogens is 330 g/mol. The SMILES string of the molecule is N#Cc1cc(Br)ccc1NCCc1nnc2ccccn12. The Labute approximate surface area is 130 Å². The number of benzene rings is 1. The van der Waals surface area contributed by atoms with Crippen LogP contribution in [0.25, 0.3) is 5.65 Å². The lowest BCUT2D eigenvalue weighted by Gasteiger charge is -2.07. The lowest BCUT2D eigenvalue weighted by atomic mass is 10.2. The molecule has 1 aromatic carbocycles. The Morgan fingerprint density at radius 2 is 2.14 bits per heavy atom. The number of fused-ring (bicyclic) bond motifs is 1. The third kappa shape index (κ3) is 2.88. The van der Waals surface area contributed by atoms with Crippen molar-refractivity contribution in [1.29, 1.82) is 5.26 Å². The van der Waals surface area contributed by atoms with E-state index in [0.29, 0.717) is 12.1 Å². The van der Waals surface area contributed by atoms with Gasteiger partial charge in [-0.15, -0.1) is 10.2 Å². The smallest absolute Gasteiger partial charge is 0.160 e. The van der Waals surface area contributed by atoms with E-state index >= 15 is 0 Å². The van der Waals surface area contributed by atoms with Gasteiger partial charge in [-0.25, -0.2) is 0 Å². The van der Waals surface area contributed by atoms with Crippen molar-refractivity contribution in [3.63, 3.8) is 0 Å². The van der Waals surface area contributed by atoms with E-state index in [0.717, 1.165) is 28.1 Å². The van der Waals surface area contributed by atoms with Crippen LogP contribution in [-0.2, 0) is 6.42 Å². The van der Waals surface area contributed by atoms with Crippen molar-refractivity contribution in [1.82, 2.24) is 14.6 Å². The average molecular weight is 342 g/mol. The topological polar surface area (TPSA) is 66.0 Å². The summed E-state index contributed by atoms with van der Waals surface area (Å²) in [5, 5.41) is 20.7. The highest BCUT2D eigenvalue weighted by Crippen LogP contribution is 2.20. The van der Waals surface area contributed by atoms with Crippen molar-refractivity contribution >= 4 is 27.3 Å². The van der Waals surface area contributed by atoms with Gasteiger partial charge in [-0.2, -0.15) is 5.26 Å². The van der Waals surface area contributed by atoms with Gasteiger partial charge in [-0.3, -0.25) is 4.40 Å². The lowest BCUT2D eigenvalue weighted by molar-refractivity contribution is 0.871. The van der Waals surface area contributed by atoms with Gasteiger partial charge in [0.15, 0.2) is 5.65 Å². The number of anilines is 1. The first kappa shape index (κ1) is 13.6. The molecular formula is C15H12BrN5. The van der Waals surface area contributed by atoms with Crippen LogP contribution in [0.2, 0.25) is 0 Å². The zero-order chi connectivity index (χ0) is 14.7.